The Labute approximate surface area is 96.9 Å². The zero-order valence-corrected chi connectivity index (χ0v) is 9.76. The van der Waals surface area contributed by atoms with Gasteiger partial charge in [0.1, 0.15) is 5.75 Å². The maximum absolute atomic E-state index is 10.1. The van der Waals surface area contributed by atoms with Crippen molar-refractivity contribution < 1.29 is 10.2 Å². The zero-order valence-electron chi connectivity index (χ0n) is 9.76. The SMILES string of the molecule is CC1CCC(C(O)Cc2cccc(O)c2)C1. The van der Waals surface area contributed by atoms with Crippen molar-refractivity contribution in [1.29, 1.82) is 0 Å². The number of rotatable bonds is 3. The highest BCUT2D eigenvalue weighted by Gasteiger charge is 2.27. The first-order valence-electron chi connectivity index (χ1n) is 6.11. The number of benzene rings is 1. The van der Waals surface area contributed by atoms with Gasteiger partial charge in [0, 0.05) is 0 Å². The minimum absolute atomic E-state index is 0.258. The molecule has 2 nitrogen and oxygen atoms in total. The fourth-order valence-electron chi connectivity index (χ4n) is 2.69. The van der Waals surface area contributed by atoms with Gasteiger partial charge in [0.25, 0.3) is 0 Å². The van der Waals surface area contributed by atoms with Gasteiger partial charge in [-0.25, -0.2) is 0 Å². The third kappa shape index (κ3) is 2.76. The van der Waals surface area contributed by atoms with Crippen LogP contribution in [0.25, 0.3) is 0 Å². The summed E-state index contributed by atoms with van der Waals surface area (Å²) in [4.78, 5) is 0. The zero-order chi connectivity index (χ0) is 11.5. The molecule has 1 aromatic rings. The minimum Gasteiger partial charge on any atom is -0.508 e. The smallest absolute Gasteiger partial charge is 0.115 e. The number of phenolic OH excluding ortho intramolecular Hbond substituents is 1. The Kier molecular flexibility index (Phi) is 3.49. The summed E-state index contributed by atoms with van der Waals surface area (Å²) in [5.74, 6) is 1.48. The van der Waals surface area contributed by atoms with E-state index in [1.165, 1.54) is 6.42 Å². The molecule has 1 aliphatic rings. The van der Waals surface area contributed by atoms with Crippen LogP contribution in [0.5, 0.6) is 5.75 Å². The first-order chi connectivity index (χ1) is 7.65. The third-order valence-electron chi connectivity index (χ3n) is 3.63. The monoisotopic (exact) mass is 220 g/mol. The van der Waals surface area contributed by atoms with E-state index in [0.29, 0.717) is 12.3 Å². The fourth-order valence-corrected chi connectivity index (χ4v) is 2.69. The lowest BCUT2D eigenvalue weighted by atomic mass is 9.94. The largest absolute Gasteiger partial charge is 0.508 e. The standard InChI is InChI=1S/C14H20O2/c1-10-5-6-12(7-10)14(16)9-11-3-2-4-13(15)8-11/h2-4,8,10,12,14-16H,5-7,9H2,1H3. The van der Waals surface area contributed by atoms with E-state index in [2.05, 4.69) is 6.92 Å². The number of hydrogen-bond acceptors (Lipinski definition) is 2. The second kappa shape index (κ2) is 4.88. The summed E-state index contributed by atoms with van der Waals surface area (Å²) in [5, 5.41) is 19.5. The van der Waals surface area contributed by atoms with Crippen molar-refractivity contribution in [3.8, 4) is 5.75 Å². The van der Waals surface area contributed by atoms with Crippen molar-refractivity contribution in [3.05, 3.63) is 29.8 Å². The van der Waals surface area contributed by atoms with Crippen LogP contribution >= 0.6 is 0 Å². The van der Waals surface area contributed by atoms with E-state index >= 15 is 0 Å². The van der Waals surface area contributed by atoms with Gasteiger partial charge in [-0.2, -0.15) is 0 Å². The highest BCUT2D eigenvalue weighted by molar-refractivity contribution is 5.27. The van der Waals surface area contributed by atoms with Crippen LogP contribution in [0.1, 0.15) is 31.7 Å². The molecule has 0 spiro atoms. The highest BCUT2D eigenvalue weighted by atomic mass is 16.3. The fraction of sp³-hybridized carbons (Fsp3) is 0.571. The average molecular weight is 220 g/mol. The normalized spacial score (nSPS) is 26.9. The average Bonchev–Trinajstić information content (AvgIpc) is 2.65. The molecule has 1 aromatic carbocycles. The second-order valence-electron chi connectivity index (χ2n) is 5.12. The number of hydrogen-bond donors (Lipinski definition) is 2. The molecular formula is C14H20O2. The van der Waals surface area contributed by atoms with Crippen molar-refractivity contribution >= 4 is 0 Å². The van der Waals surface area contributed by atoms with E-state index in [0.717, 1.165) is 24.3 Å². The number of aliphatic hydroxyl groups excluding tert-OH is 1. The maximum Gasteiger partial charge on any atom is 0.115 e. The Balaban J connectivity index is 1.94. The van der Waals surface area contributed by atoms with Crippen LogP contribution in [0.3, 0.4) is 0 Å². The quantitative estimate of drug-likeness (QED) is 0.822. The van der Waals surface area contributed by atoms with E-state index in [1.807, 2.05) is 12.1 Å². The van der Waals surface area contributed by atoms with E-state index in [1.54, 1.807) is 12.1 Å². The second-order valence-corrected chi connectivity index (χ2v) is 5.12. The van der Waals surface area contributed by atoms with Crippen molar-refractivity contribution in [2.24, 2.45) is 11.8 Å². The molecule has 0 bridgehead atoms. The van der Waals surface area contributed by atoms with Gasteiger partial charge in [-0.3, -0.25) is 0 Å². The molecule has 0 radical (unpaired) electrons. The first-order valence-corrected chi connectivity index (χ1v) is 6.11. The molecule has 0 aliphatic heterocycles. The van der Waals surface area contributed by atoms with E-state index in [-0.39, 0.29) is 11.9 Å². The summed E-state index contributed by atoms with van der Waals surface area (Å²) in [6, 6.07) is 7.19. The van der Waals surface area contributed by atoms with Gasteiger partial charge in [-0.1, -0.05) is 25.5 Å². The molecule has 1 aliphatic carbocycles. The lowest BCUT2D eigenvalue weighted by Crippen LogP contribution is -2.20. The predicted molar refractivity (Wildman–Crippen MR) is 64.3 cm³/mol. The van der Waals surface area contributed by atoms with Crippen molar-refractivity contribution in [2.75, 3.05) is 0 Å². The molecule has 0 heterocycles. The summed E-state index contributed by atoms with van der Waals surface area (Å²) >= 11 is 0. The molecule has 16 heavy (non-hydrogen) atoms. The Bertz CT molecular complexity index is 348. The van der Waals surface area contributed by atoms with Gasteiger partial charge in [0.05, 0.1) is 6.10 Å². The van der Waals surface area contributed by atoms with Crippen LogP contribution in [0, 0.1) is 11.8 Å². The molecule has 0 aromatic heterocycles. The Morgan fingerprint density at radius 2 is 2.19 bits per heavy atom. The summed E-state index contributed by atoms with van der Waals surface area (Å²) in [7, 11) is 0. The Morgan fingerprint density at radius 3 is 2.81 bits per heavy atom. The molecule has 88 valence electrons. The molecule has 1 fully saturated rings. The summed E-state index contributed by atoms with van der Waals surface area (Å²) in [6.07, 6.45) is 3.92. The van der Waals surface area contributed by atoms with Crippen LogP contribution in [0.4, 0.5) is 0 Å². The lowest BCUT2D eigenvalue weighted by Gasteiger charge is -2.18. The Hall–Kier alpha value is -1.02. The highest BCUT2D eigenvalue weighted by Crippen LogP contribution is 2.33. The maximum atomic E-state index is 10.1. The van der Waals surface area contributed by atoms with Gasteiger partial charge in [-0.15, -0.1) is 0 Å². The molecule has 0 amide bonds. The molecule has 2 rings (SSSR count). The van der Waals surface area contributed by atoms with Crippen LogP contribution in [0.2, 0.25) is 0 Å². The number of aromatic hydroxyl groups is 1. The van der Waals surface area contributed by atoms with Gasteiger partial charge < -0.3 is 10.2 Å². The molecule has 2 heteroatoms. The van der Waals surface area contributed by atoms with E-state index in [9.17, 15) is 10.2 Å². The van der Waals surface area contributed by atoms with Crippen molar-refractivity contribution in [2.45, 2.75) is 38.7 Å². The van der Waals surface area contributed by atoms with Gasteiger partial charge in [0.2, 0.25) is 0 Å². The summed E-state index contributed by atoms with van der Waals surface area (Å²) in [5.41, 5.74) is 1.02. The molecule has 0 saturated heterocycles. The first kappa shape index (κ1) is 11.5. The third-order valence-corrected chi connectivity index (χ3v) is 3.63. The predicted octanol–water partition coefficient (Wildman–Crippen LogP) is 2.73. The van der Waals surface area contributed by atoms with Gasteiger partial charge >= 0.3 is 0 Å². The number of aliphatic hydroxyl groups is 1. The molecule has 3 unspecified atom stereocenters. The molecular weight excluding hydrogens is 200 g/mol. The van der Waals surface area contributed by atoms with E-state index < -0.39 is 0 Å². The van der Waals surface area contributed by atoms with Crippen molar-refractivity contribution in [1.82, 2.24) is 0 Å². The van der Waals surface area contributed by atoms with Crippen LogP contribution < -0.4 is 0 Å². The van der Waals surface area contributed by atoms with Gasteiger partial charge in [0.15, 0.2) is 0 Å². The van der Waals surface area contributed by atoms with E-state index in [4.69, 9.17) is 0 Å². The van der Waals surface area contributed by atoms with Crippen LogP contribution in [0.15, 0.2) is 24.3 Å². The van der Waals surface area contributed by atoms with Crippen LogP contribution in [-0.2, 0) is 6.42 Å². The topological polar surface area (TPSA) is 40.5 Å². The summed E-state index contributed by atoms with van der Waals surface area (Å²) < 4.78 is 0. The summed E-state index contributed by atoms with van der Waals surface area (Å²) in [6.45, 7) is 2.25. The number of phenols is 1. The lowest BCUT2D eigenvalue weighted by molar-refractivity contribution is 0.109. The van der Waals surface area contributed by atoms with Gasteiger partial charge in [-0.05, 0) is 48.8 Å². The Morgan fingerprint density at radius 1 is 1.38 bits per heavy atom. The van der Waals surface area contributed by atoms with Crippen LogP contribution in [-0.4, -0.2) is 16.3 Å². The van der Waals surface area contributed by atoms with Crippen molar-refractivity contribution in [3.63, 3.8) is 0 Å². The minimum atomic E-state index is -0.258. The molecule has 1 saturated carbocycles. The molecule has 3 atom stereocenters. The molecule has 2 N–H and O–H groups in total.